The van der Waals surface area contributed by atoms with Crippen LogP contribution in [0.1, 0.15) is 30.6 Å². The molecule has 152 valence electrons. The average molecular weight is 440 g/mol. The van der Waals surface area contributed by atoms with Crippen molar-refractivity contribution < 1.29 is 9.18 Å². The predicted octanol–water partition coefficient (Wildman–Crippen LogP) is 4.60. The fourth-order valence-electron chi connectivity index (χ4n) is 2.92. The van der Waals surface area contributed by atoms with Gasteiger partial charge in [0.1, 0.15) is 17.0 Å². The molecule has 0 bridgehead atoms. The number of halogens is 1. The van der Waals surface area contributed by atoms with Gasteiger partial charge in [0.2, 0.25) is 0 Å². The molecule has 4 aromatic rings. The second-order valence-corrected chi connectivity index (χ2v) is 8.73. The summed E-state index contributed by atoms with van der Waals surface area (Å²) < 4.78 is 14.0. The van der Waals surface area contributed by atoms with Crippen LogP contribution in [0.3, 0.4) is 0 Å². The minimum absolute atomic E-state index is 0.117. The normalized spacial score (nSPS) is 11.3. The first-order valence-electron chi connectivity index (χ1n) is 9.13. The molecule has 0 aliphatic rings. The van der Waals surface area contributed by atoms with Gasteiger partial charge in [-0.05, 0) is 36.2 Å². The van der Waals surface area contributed by atoms with Crippen LogP contribution in [-0.2, 0) is 6.42 Å². The van der Waals surface area contributed by atoms with E-state index in [1.165, 1.54) is 35.1 Å². The third-order valence-corrected chi connectivity index (χ3v) is 6.68. The minimum atomic E-state index is -0.216. The largest absolute Gasteiger partial charge is 0.354 e. The van der Waals surface area contributed by atoms with Gasteiger partial charge in [0, 0.05) is 18.3 Å². The zero-order valence-electron chi connectivity index (χ0n) is 16.3. The molecule has 0 spiro atoms. The van der Waals surface area contributed by atoms with Crippen molar-refractivity contribution in [3.63, 3.8) is 0 Å². The summed E-state index contributed by atoms with van der Waals surface area (Å²) in [5.74, 6) is 0.244. The van der Waals surface area contributed by atoms with Crippen LogP contribution >= 0.6 is 22.7 Å². The Hall–Kier alpha value is -3.17. The van der Waals surface area contributed by atoms with Gasteiger partial charge in [0.05, 0.1) is 21.4 Å². The number of nitrogens with zero attached hydrogens (tertiary/aromatic N) is 3. The van der Waals surface area contributed by atoms with Crippen molar-refractivity contribution in [2.24, 2.45) is 5.10 Å². The number of anilines is 1. The van der Waals surface area contributed by atoms with E-state index in [2.05, 4.69) is 25.8 Å². The van der Waals surface area contributed by atoms with Crippen molar-refractivity contribution in [3.05, 3.63) is 74.3 Å². The number of amides is 1. The zero-order chi connectivity index (χ0) is 21.1. The SMILES string of the molecule is CNC(=O)c1cc(C)c(C=NNc2ncnc3sc(Cc4ccccc4F)cc23)s1. The molecule has 3 heterocycles. The van der Waals surface area contributed by atoms with Gasteiger partial charge in [0.15, 0.2) is 5.82 Å². The molecule has 0 saturated carbocycles. The van der Waals surface area contributed by atoms with Crippen molar-refractivity contribution >= 4 is 50.8 Å². The monoisotopic (exact) mass is 439 g/mol. The highest BCUT2D eigenvalue weighted by molar-refractivity contribution is 7.18. The number of carbonyl (C=O) groups is 1. The highest BCUT2D eigenvalue weighted by Gasteiger charge is 2.12. The summed E-state index contributed by atoms with van der Waals surface area (Å²) in [6.45, 7) is 1.93. The van der Waals surface area contributed by atoms with E-state index in [1.54, 1.807) is 25.4 Å². The molecule has 0 unspecified atom stereocenters. The standard InChI is InChI=1S/C21H18FN5OS2/c1-12-7-17(20(28)23-2)30-18(12)10-26-27-19-15-9-14(29-21(15)25-11-24-19)8-13-5-3-4-6-16(13)22/h3-7,9-11H,8H2,1-2H3,(H,23,28)(H,24,25,27). The fourth-order valence-corrected chi connectivity index (χ4v) is 4.93. The Bertz CT molecular complexity index is 1250. The topological polar surface area (TPSA) is 79.3 Å². The number of benzene rings is 1. The summed E-state index contributed by atoms with van der Waals surface area (Å²) >= 11 is 2.87. The molecule has 0 atom stereocenters. The molecular formula is C21H18FN5OS2. The Morgan fingerprint density at radius 1 is 1.23 bits per heavy atom. The molecule has 1 amide bonds. The van der Waals surface area contributed by atoms with E-state index >= 15 is 0 Å². The lowest BCUT2D eigenvalue weighted by Crippen LogP contribution is -2.16. The van der Waals surface area contributed by atoms with Crippen LogP contribution in [0.4, 0.5) is 10.2 Å². The highest BCUT2D eigenvalue weighted by atomic mass is 32.1. The van der Waals surface area contributed by atoms with Crippen LogP contribution in [0, 0.1) is 12.7 Å². The molecule has 9 heteroatoms. The lowest BCUT2D eigenvalue weighted by atomic mass is 10.1. The number of fused-ring (bicyclic) bond motifs is 1. The van der Waals surface area contributed by atoms with Gasteiger partial charge in [-0.25, -0.2) is 14.4 Å². The molecule has 3 aromatic heterocycles. The first-order valence-corrected chi connectivity index (χ1v) is 10.8. The summed E-state index contributed by atoms with van der Waals surface area (Å²) in [6.07, 6.45) is 3.64. The summed E-state index contributed by atoms with van der Waals surface area (Å²) in [5.41, 5.74) is 4.58. The number of hydrazone groups is 1. The predicted molar refractivity (Wildman–Crippen MR) is 120 cm³/mol. The Balaban J connectivity index is 1.54. The maximum absolute atomic E-state index is 14.0. The molecule has 0 saturated heterocycles. The number of nitrogens with one attached hydrogen (secondary N) is 2. The molecule has 4 rings (SSSR count). The molecule has 0 aliphatic heterocycles. The van der Waals surface area contributed by atoms with Crippen LogP contribution in [0.2, 0.25) is 0 Å². The van der Waals surface area contributed by atoms with Gasteiger partial charge in [-0.2, -0.15) is 5.10 Å². The Morgan fingerprint density at radius 3 is 2.87 bits per heavy atom. The highest BCUT2D eigenvalue weighted by Crippen LogP contribution is 2.30. The van der Waals surface area contributed by atoms with E-state index in [4.69, 9.17) is 0 Å². The van der Waals surface area contributed by atoms with Crippen LogP contribution in [0.5, 0.6) is 0 Å². The van der Waals surface area contributed by atoms with E-state index in [-0.39, 0.29) is 11.7 Å². The van der Waals surface area contributed by atoms with Gasteiger partial charge in [-0.15, -0.1) is 22.7 Å². The Kier molecular flexibility index (Phi) is 5.82. The summed E-state index contributed by atoms with van der Waals surface area (Å²) in [7, 11) is 1.61. The Morgan fingerprint density at radius 2 is 2.07 bits per heavy atom. The van der Waals surface area contributed by atoms with E-state index in [0.717, 1.165) is 25.5 Å². The molecule has 0 fully saturated rings. The molecule has 0 radical (unpaired) electrons. The molecule has 30 heavy (non-hydrogen) atoms. The zero-order valence-corrected chi connectivity index (χ0v) is 17.9. The van der Waals surface area contributed by atoms with Crippen LogP contribution in [0.15, 0.2) is 47.8 Å². The minimum Gasteiger partial charge on any atom is -0.354 e. The average Bonchev–Trinajstić information content (AvgIpc) is 3.33. The van der Waals surface area contributed by atoms with Gasteiger partial charge in [-0.3, -0.25) is 10.2 Å². The summed E-state index contributed by atoms with van der Waals surface area (Å²) in [5, 5.41) is 7.74. The third kappa shape index (κ3) is 4.22. The first-order chi connectivity index (χ1) is 14.5. The lowest BCUT2D eigenvalue weighted by molar-refractivity contribution is 0.0967. The smallest absolute Gasteiger partial charge is 0.261 e. The third-order valence-electron chi connectivity index (χ3n) is 4.46. The summed E-state index contributed by atoms with van der Waals surface area (Å²) in [4.78, 5) is 23.7. The number of thiophene rings is 2. The number of carbonyl (C=O) groups excluding carboxylic acids is 1. The summed E-state index contributed by atoms with van der Waals surface area (Å²) in [6, 6.07) is 10.6. The molecule has 2 N–H and O–H groups in total. The van der Waals surface area contributed by atoms with E-state index in [1.807, 2.05) is 25.1 Å². The second kappa shape index (κ2) is 8.68. The van der Waals surface area contributed by atoms with Gasteiger partial charge < -0.3 is 5.32 Å². The molecule has 0 aliphatic carbocycles. The lowest BCUT2D eigenvalue weighted by Gasteiger charge is -2.00. The van der Waals surface area contributed by atoms with E-state index in [0.29, 0.717) is 22.7 Å². The Labute approximate surface area is 180 Å². The van der Waals surface area contributed by atoms with Crippen LogP contribution in [0.25, 0.3) is 10.2 Å². The fraction of sp³-hybridized carbons (Fsp3) is 0.143. The van der Waals surface area contributed by atoms with Crippen molar-refractivity contribution in [2.45, 2.75) is 13.3 Å². The molecule has 1 aromatic carbocycles. The molecule has 6 nitrogen and oxygen atoms in total. The number of hydrogen-bond donors (Lipinski definition) is 2. The van der Waals surface area contributed by atoms with Gasteiger partial charge in [0.25, 0.3) is 5.91 Å². The maximum atomic E-state index is 14.0. The number of hydrogen-bond acceptors (Lipinski definition) is 7. The van der Waals surface area contributed by atoms with Crippen molar-refractivity contribution in [3.8, 4) is 0 Å². The maximum Gasteiger partial charge on any atom is 0.261 e. The van der Waals surface area contributed by atoms with Crippen LogP contribution < -0.4 is 10.7 Å². The quantitative estimate of drug-likeness (QED) is 0.340. The van der Waals surface area contributed by atoms with Crippen molar-refractivity contribution in [1.82, 2.24) is 15.3 Å². The van der Waals surface area contributed by atoms with E-state index < -0.39 is 0 Å². The van der Waals surface area contributed by atoms with Crippen molar-refractivity contribution in [2.75, 3.05) is 12.5 Å². The molecular weight excluding hydrogens is 421 g/mol. The number of aryl methyl sites for hydroxylation is 1. The van der Waals surface area contributed by atoms with Crippen LogP contribution in [-0.4, -0.2) is 29.1 Å². The number of aromatic nitrogens is 2. The second-order valence-electron chi connectivity index (χ2n) is 6.53. The van der Waals surface area contributed by atoms with E-state index in [9.17, 15) is 9.18 Å². The van der Waals surface area contributed by atoms with Gasteiger partial charge >= 0.3 is 0 Å². The first kappa shape index (κ1) is 20.1. The number of rotatable bonds is 6. The van der Waals surface area contributed by atoms with Crippen molar-refractivity contribution in [1.29, 1.82) is 0 Å². The van der Waals surface area contributed by atoms with Gasteiger partial charge in [-0.1, -0.05) is 18.2 Å².